The Morgan fingerprint density at radius 1 is 1.17 bits per heavy atom. The van der Waals surface area contributed by atoms with Gasteiger partial charge in [-0.3, -0.25) is 0 Å². The van der Waals surface area contributed by atoms with Crippen LogP contribution in [0.3, 0.4) is 0 Å². The molecule has 0 bridgehead atoms. The summed E-state index contributed by atoms with van der Waals surface area (Å²) in [6.07, 6.45) is 2.10. The summed E-state index contributed by atoms with van der Waals surface area (Å²) < 4.78 is 49.6. The lowest BCUT2D eigenvalue weighted by Crippen LogP contribution is -2.27. The Labute approximate surface area is 139 Å². The van der Waals surface area contributed by atoms with Gasteiger partial charge >= 0.3 is 0 Å². The molecule has 0 radical (unpaired) electrons. The summed E-state index contributed by atoms with van der Waals surface area (Å²) in [5.74, 6) is 0.651. The Morgan fingerprint density at radius 3 is 2.50 bits per heavy atom. The molecule has 0 saturated heterocycles. The van der Waals surface area contributed by atoms with Gasteiger partial charge in [0.25, 0.3) is 0 Å². The lowest BCUT2D eigenvalue weighted by Gasteiger charge is -2.11. The molecular weight excluding hydrogens is 337 g/mol. The average Bonchev–Trinajstić information content (AvgIpc) is 2.59. The standard InChI is InChI=1S/C15H18FN3O4S/c1-22-13-4-3-11(14(7-13)23-2)8-19-24(20,21)6-5-15-17-9-12(16)10-18-15/h3-4,7,9-10,19H,5-6,8H2,1-2H3. The number of hydrogen-bond acceptors (Lipinski definition) is 6. The van der Waals surface area contributed by atoms with Crippen molar-refractivity contribution in [3.8, 4) is 11.5 Å². The number of aromatic nitrogens is 2. The summed E-state index contributed by atoms with van der Waals surface area (Å²) >= 11 is 0. The fraction of sp³-hybridized carbons (Fsp3) is 0.333. The molecule has 2 aromatic rings. The molecule has 0 amide bonds. The average molecular weight is 355 g/mol. The van der Waals surface area contributed by atoms with E-state index in [1.807, 2.05) is 0 Å². The van der Waals surface area contributed by atoms with Crippen LogP contribution in [0.5, 0.6) is 11.5 Å². The Morgan fingerprint density at radius 2 is 1.88 bits per heavy atom. The van der Waals surface area contributed by atoms with Crippen LogP contribution in [0.4, 0.5) is 4.39 Å². The van der Waals surface area contributed by atoms with E-state index in [0.29, 0.717) is 17.1 Å². The van der Waals surface area contributed by atoms with Gasteiger partial charge in [0, 0.05) is 24.6 Å². The molecule has 7 nitrogen and oxygen atoms in total. The summed E-state index contributed by atoms with van der Waals surface area (Å²) in [6, 6.07) is 5.12. The molecule has 0 unspecified atom stereocenters. The first kappa shape index (κ1) is 18.1. The highest BCUT2D eigenvalue weighted by atomic mass is 32.2. The van der Waals surface area contributed by atoms with E-state index < -0.39 is 15.8 Å². The van der Waals surface area contributed by atoms with Crippen LogP contribution in [-0.2, 0) is 23.0 Å². The smallest absolute Gasteiger partial charge is 0.212 e. The van der Waals surface area contributed by atoms with Gasteiger partial charge in [-0.1, -0.05) is 6.07 Å². The Kier molecular flexibility index (Phi) is 6.04. The number of rotatable bonds is 8. The molecule has 1 heterocycles. The predicted octanol–water partition coefficient (Wildman–Crippen LogP) is 1.29. The summed E-state index contributed by atoms with van der Waals surface area (Å²) in [5.41, 5.74) is 0.680. The molecule has 1 aromatic heterocycles. The molecule has 1 aromatic carbocycles. The number of ether oxygens (including phenoxy) is 2. The molecule has 0 aliphatic carbocycles. The minimum absolute atomic E-state index is 0.0831. The third kappa shape index (κ3) is 5.14. The highest BCUT2D eigenvalue weighted by Crippen LogP contribution is 2.24. The van der Waals surface area contributed by atoms with Crippen molar-refractivity contribution in [1.82, 2.24) is 14.7 Å². The number of hydrogen-bond donors (Lipinski definition) is 1. The van der Waals surface area contributed by atoms with Gasteiger partial charge in [-0.05, 0) is 6.07 Å². The van der Waals surface area contributed by atoms with Crippen LogP contribution < -0.4 is 14.2 Å². The second-order valence-corrected chi connectivity index (χ2v) is 6.81. The van der Waals surface area contributed by atoms with E-state index >= 15 is 0 Å². The van der Waals surface area contributed by atoms with E-state index in [9.17, 15) is 12.8 Å². The summed E-state index contributed by atoms with van der Waals surface area (Å²) in [4.78, 5) is 7.47. The van der Waals surface area contributed by atoms with Crippen LogP contribution >= 0.6 is 0 Å². The maximum absolute atomic E-state index is 12.7. The van der Waals surface area contributed by atoms with Crippen molar-refractivity contribution in [3.63, 3.8) is 0 Å². The van der Waals surface area contributed by atoms with E-state index in [1.54, 1.807) is 18.2 Å². The third-order valence-corrected chi connectivity index (χ3v) is 4.57. The second kappa shape index (κ2) is 8.02. The Balaban J connectivity index is 1.96. The van der Waals surface area contributed by atoms with Crippen LogP contribution in [0.15, 0.2) is 30.6 Å². The molecule has 9 heteroatoms. The van der Waals surface area contributed by atoms with Crippen molar-refractivity contribution < 1.29 is 22.3 Å². The molecule has 0 atom stereocenters. The zero-order valence-corrected chi connectivity index (χ0v) is 14.1. The lowest BCUT2D eigenvalue weighted by atomic mass is 10.2. The van der Waals surface area contributed by atoms with Crippen molar-refractivity contribution in [1.29, 1.82) is 0 Å². The van der Waals surface area contributed by atoms with Gasteiger partial charge in [0.2, 0.25) is 10.0 Å². The lowest BCUT2D eigenvalue weighted by molar-refractivity contribution is 0.390. The number of sulfonamides is 1. The zero-order valence-electron chi connectivity index (χ0n) is 13.3. The Bertz CT molecular complexity index is 782. The van der Waals surface area contributed by atoms with Gasteiger partial charge in [0.15, 0.2) is 5.82 Å². The number of nitrogens with one attached hydrogen (secondary N) is 1. The first-order chi connectivity index (χ1) is 11.4. The normalized spacial score (nSPS) is 11.3. The molecule has 130 valence electrons. The molecule has 1 N–H and O–H groups in total. The largest absolute Gasteiger partial charge is 0.497 e. The molecule has 24 heavy (non-hydrogen) atoms. The minimum Gasteiger partial charge on any atom is -0.497 e. The molecule has 0 aliphatic rings. The van der Waals surface area contributed by atoms with E-state index in [0.717, 1.165) is 12.4 Å². The molecule has 0 fully saturated rings. The molecular formula is C15H18FN3O4S. The highest BCUT2D eigenvalue weighted by Gasteiger charge is 2.13. The summed E-state index contributed by atoms with van der Waals surface area (Å²) in [7, 11) is -0.504. The van der Waals surface area contributed by atoms with Crippen molar-refractivity contribution in [2.24, 2.45) is 0 Å². The van der Waals surface area contributed by atoms with Crippen molar-refractivity contribution in [2.45, 2.75) is 13.0 Å². The van der Waals surface area contributed by atoms with Gasteiger partial charge in [0.05, 0.1) is 32.4 Å². The first-order valence-electron chi connectivity index (χ1n) is 7.08. The van der Waals surface area contributed by atoms with Crippen LogP contribution in [0.2, 0.25) is 0 Å². The van der Waals surface area contributed by atoms with Crippen molar-refractivity contribution in [2.75, 3.05) is 20.0 Å². The van der Waals surface area contributed by atoms with Crippen LogP contribution in [0, 0.1) is 5.82 Å². The molecule has 0 spiro atoms. The van der Waals surface area contributed by atoms with E-state index in [2.05, 4.69) is 14.7 Å². The fourth-order valence-electron chi connectivity index (χ4n) is 1.95. The highest BCUT2D eigenvalue weighted by molar-refractivity contribution is 7.89. The van der Waals surface area contributed by atoms with Gasteiger partial charge in [-0.2, -0.15) is 0 Å². The molecule has 2 rings (SSSR count). The van der Waals surface area contributed by atoms with Crippen molar-refractivity contribution in [3.05, 3.63) is 47.8 Å². The van der Waals surface area contributed by atoms with E-state index in [1.165, 1.54) is 14.2 Å². The van der Waals surface area contributed by atoms with E-state index in [4.69, 9.17) is 9.47 Å². The maximum atomic E-state index is 12.7. The number of benzene rings is 1. The first-order valence-corrected chi connectivity index (χ1v) is 8.73. The zero-order chi connectivity index (χ0) is 17.6. The monoisotopic (exact) mass is 355 g/mol. The number of methoxy groups -OCH3 is 2. The summed E-state index contributed by atoms with van der Waals surface area (Å²) in [6.45, 7) is 0.0831. The van der Waals surface area contributed by atoms with Gasteiger partial charge in [0.1, 0.15) is 17.3 Å². The minimum atomic E-state index is -3.54. The topological polar surface area (TPSA) is 90.4 Å². The van der Waals surface area contributed by atoms with Gasteiger partial charge < -0.3 is 9.47 Å². The fourth-order valence-corrected chi connectivity index (χ4v) is 2.92. The van der Waals surface area contributed by atoms with Crippen LogP contribution in [-0.4, -0.2) is 38.4 Å². The quantitative estimate of drug-likeness (QED) is 0.767. The number of halogens is 1. The van der Waals surface area contributed by atoms with Crippen LogP contribution in [0.25, 0.3) is 0 Å². The van der Waals surface area contributed by atoms with Crippen LogP contribution in [0.1, 0.15) is 11.4 Å². The van der Waals surface area contributed by atoms with E-state index in [-0.39, 0.29) is 24.5 Å². The maximum Gasteiger partial charge on any atom is 0.212 e. The van der Waals surface area contributed by atoms with Gasteiger partial charge in [-0.25, -0.2) is 27.5 Å². The summed E-state index contributed by atoms with van der Waals surface area (Å²) in [5, 5.41) is 0. The third-order valence-electron chi connectivity index (χ3n) is 3.24. The van der Waals surface area contributed by atoms with Crippen molar-refractivity contribution >= 4 is 10.0 Å². The predicted molar refractivity (Wildman–Crippen MR) is 85.9 cm³/mol. The molecule has 0 aliphatic heterocycles. The van der Waals surface area contributed by atoms with Gasteiger partial charge in [-0.15, -0.1) is 0 Å². The molecule has 0 saturated carbocycles. The number of nitrogens with zero attached hydrogens (tertiary/aromatic N) is 2. The number of aryl methyl sites for hydroxylation is 1. The SMILES string of the molecule is COc1ccc(CNS(=O)(=O)CCc2ncc(F)cn2)c(OC)c1. The Hall–Kier alpha value is -2.26. The second-order valence-electron chi connectivity index (χ2n) is 4.89.